The number of rotatable bonds is 4. The minimum atomic E-state index is -0.889. The summed E-state index contributed by atoms with van der Waals surface area (Å²) in [6, 6.07) is 11.2. The topological polar surface area (TPSA) is 80.6 Å². The Balaban J connectivity index is 1.21. The molecular formula is C22H25NO6. The van der Waals surface area contributed by atoms with Gasteiger partial charge in [-0.3, -0.25) is 0 Å². The molecule has 0 bridgehead atoms. The van der Waals surface area contributed by atoms with Gasteiger partial charge in [0.2, 0.25) is 6.79 Å². The Bertz CT molecular complexity index is 893. The second-order valence-electron chi connectivity index (χ2n) is 7.82. The molecule has 2 N–H and O–H groups in total. The Hall–Kier alpha value is -2.48. The van der Waals surface area contributed by atoms with E-state index in [0.29, 0.717) is 57.2 Å². The molecule has 0 unspecified atom stereocenters. The van der Waals surface area contributed by atoms with Gasteiger partial charge in [-0.2, -0.15) is 0 Å². The van der Waals surface area contributed by atoms with Crippen LogP contribution < -0.4 is 18.9 Å². The largest absolute Gasteiger partial charge is 0.486 e. The maximum Gasteiger partial charge on any atom is 0.231 e. The van der Waals surface area contributed by atoms with Crippen molar-refractivity contribution in [1.29, 1.82) is 0 Å². The van der Waals surface area contributed by atoms with Gasteiger partial charge in [0, 0.05) is 19.6 Å². The second-order valence-corrected chi connectivity index (χ2v) is 7.82. The molecular weight excluding hydrogens is 374 g/mol. The fraction of sp³-hybridized carbons (Fsp3) is 0.455. The van der Waals surface area contributed by atoms with Gasteiger partial charge in [0.25, 0.3) is 0 Å². The molecule has 1 saturated heterocycles. The summed E-state index contributed by atoms with van der Waals surface area (Å²) >= 11 is 0. The van der Waals surface area contributed by atoms with Crippen molar-refractivity contribution in [3.63, 3.8) is 0 Å². The molecule has 2 aromatic rings. The maximum absolute atomic E-state index is 11.2. The van der Waals surface area contributed by atoms with Gasteiger partial charge in [0.15, 0.2) is 23.0 Å². The number of hydrogen-bond donors (Lipinski definition) is 2. The van der Waals surface area contributed by atoms with E-state index in [-0.39, 0.29) is 6.79 Å². The number of fused-ring (bicyclic) bond motifs is 2. The van der Waals surface area contributed by atoms with Crippen molar-refractivity contribution in [2.24, 2.45) is 0 Å². The minimum absolute atomic E-state index is 0.225. The van der Waals surface area contributed by atoms with E-state index in [2.05, 4.69) is 4.90 Å². The molecule has 0 saturated carbocycles. The molecule has 29 heavy (non-hydrogen) atoms. The van der Waals surface area contributed by atoms with Crippen molar-refractivity contribution in [1.82, 2.24) is 4.90 Å². The molecule has 3 heterocycles. The summed E-state index contributed by atoms with van der Waals surface area (Å²) in [4.78, 5) is 2.18. The Kier molecular flexibility index (Phi) is 4.73. The Labute approximate surface area is 169 Å². The third-order valence-corrected chi connectivity index (χ3v) is 5.98. The third kappa shape index (κ3) is 3.61. The normalized spacial score (nSPS) is 21.0. The number of β-amino-alcohol motifs (C(OH)–C–C–N with tert-alkyl or cyclic N) is 1. The summed E-state index contributed by atoms with van der Waals surface area (Å²) in [5.74, 6) is 2.81. The number of likely N-dealkylation sites (tertiary alicyclic amines) is 1. The summed E-state index contributed by atoms with van der Waals surface area (Å²) in [7, 11) is 0. The van der Waals surface area contributed by atoms with Crippen LogP contribution in [-0.4, -0.2) is 54.8 Å². The quantitative estimate of drug-likeness (QED) is 0.816. The fourth-order valence-corrected chi connectivity index (χ4v) is 4.20. The highest BCUT2D eigenvalue weighted by Crippen LogP contribution is 2.40. The average molecular weight is 399 g/mol. The number of piperidine rings is 1. The van der Waals surface area contributed by atoms with Crippen LogP contribution in [0.15, 0.2) is 36.4 Å². The van der Waals surface area contributed by atoms with E-state index in [1.807, 2.05) is 36.4 Å². The molecule has 0 spiro atoms. The molecule has 1 atom stereocenters. The number of aliphatic hydroxyl groups excluding tert-OH is 1. The molecule has 154 valence electrons. The van der Waals surface area contributed by atoms with Gasteiger partial charge in [0.1, 0.15) is 13.2 Å². The van der Waals surface area contributed by atoms with Gasteiger partial charge in [-0.05, 0) is 48.2 Å². The number of benzene rings is 2. The predicted molar refractivity (Wildman–Crippen MR) is 105 cm³/mol. The second kappa shape index (κ2) is 7.40. The van der Waals surface area contributed by atoms with Crippen molar-refractivity contribution in [3.05, 3.63) is 47.5 Å². The first-order chi connectivity index (χ1) is 14.1. The van der Waals surface area contributed by atoms with Crippen LogP contribution in [0, 0.1) is 0 Å². The van der Waals surface area contributed by atoms with Crippen LogP contribution in [0.2, 0.25) is 0 Å². The third-order valence-electron chi connectivity index (χ3n) is 5.98. The number of hydrogen-bond acceptors (Lipinski definition) is 7. The molecule has 1 fully saturated rings. The zero-order valence-electron chi connectivity index (χ0n) is 16.2. The van der Waals surface area contributed by atoms with Crippen molar-refractivity contribution in [3.8, 4) is 23.0 Å². The van der Waals surface area contributed by atoms with Gasteiger partial charge in [-0.25, -0.2) is 0 Å². The Morgan fingerprint density at radius 1 is 0.862 bits per heavy atom. The lowest BCUT2D eigenvalue weighted by Crippen LogP contribution is -2.43. The van der Waals surface area contributed by atoms with Crippen molar-refractivity contribution in [2.75, 3.05) is 39.6 Å². The van der Waals surface area contributed by atoms with Gasteiger partial charge < -0.3 is 34.1 Å². The summed E-state index contributed by atoms with van der Waals surface area (Å²) < 4.78 is 21.9. The van der Waals surface area contributed by atoms with Crippen LogP contribution in [0.4, 0.5) is 0 Å². The molecule has 0 amide bonds. The summed E-state index contributed by atoms with van der Waals surface area (Å²) in [5, 5.41) is 21.9. The number of nitrogens with zero attached hydrogens (tertiary/aromatic N) is 1. The van der Waals surface area contributed by atoms with Gasteiger partial charge in [-0.15, -0.1) is 0 Å². The van der Waals surface area contributed by atoms with Crippen molar-refractivity contribution in [2.45, 2.75) is 24.5 Å². The molecule has 7 nitrogen and oxygen atoms in total. The average Bonchev–Trinajstić information content (AvgIpc) is 3.23. The van der Waals surface area contributed by atoms with E-state index in [0.717, 1.165) is 22.6 Å². The van der Waals surface area contributed by atoms with E-state index in [9.17, 15) is 10.2 Å². The Morgan fingerprint density at radius 2 is 1.52 bits per heavy atom. The van der Waals surface area contributed by atoms with Crippen LogP contribution >= 0.6 is 0 Å². The highest BCUT2D eigenvalue weighted by atomic mass is 16.7. The lowest BCUT2D eigenvalue weighted by molar-refractivity contribution is -0.0345. The summed E-state index contributed by atoms with van der Waals surface area (Å²) in [6.45, 7) is 3.21. The molecule has 3 aliphatic heterocycles. The zero-order chi connectivity index (χ0) is 19.8. The SMILES string of the molecule is O[C@H](CN1CCC(O)(c2ccc3c(c2)OCO3)CC1)c1ccc2c(c1)OCCO2. The molecule has 2 aromatic carbocycles. The van der Waals surface area contributed by atoms with Crippen LogP contribution in [0.3, 0.4) is 0 Å². The molecule has 0 radical (unpaired) electrons. The van der Waals surface area contributed by atoms with E-state index >= 15 is 0 Å². The summed E-state index contributed by atoms with van der Waals surface area (Å²) in [6.07, 6.45) is 0.573. The maximum atomic E-state index is 11.2. The first kappa shape index (κ1) is 18.5. The minimum Gasteiger partial charge on any atom is -0.486 e. The monoisotopic (exact) mass is 399 g/mol. The van der Waals surface area contributed by atoms with Crippen LogP contribution in [-0.2, 0) is 5.60 Å². The predicted octanol–water partition coefficient (Wildman–Crippen LogP) is 2.20. The van der Waals surface area contributed by atoms with Crippen molar-refractivity contribution >= 4 is 0 Å². The molecule has 0 aliphatic carbocycles. The van der Waals surface area contributed by atoms with Crippen LogP contribution in [0.1, 0.15) is 30.1 Å². The molecule has 0 aromatic heterocycles. The molecule has 7 heteroatoms. The van der Waals surface area contributed by atoms with E-state index < -0.39 is 11.7 Å². The fourth-order valence-electron chi connectivity index (χ4n) is 4.20. The van der Waals surface area contributed by atoms with Gasteiger partial charge in [0.05, 0.1) is 11.7 Å². The Morgan fingerprint density at radius 3 is 2.34 bits per heavy atom. The van der Waals surface area contributed by atoms with Crippen molar-refractivity contribution < 1.29 is 29.2 Å². The van der Waals surface area contributed by atoms with E-state index in [4.69, 9.17) is 18.9 Å². The standard InChI is InChI=1S/C22H25NO6/c24-17(15-1-3-18-20(11-15)27-10-9-26-18)13-23-7-5-22(25,6-8-23)16-2-4-19-21(12-16)29-14-28-19/h1-4,11-12,17,24-25H,5-10,13-14H2/t17-/m1/s1. The van der Waals surface area contributed by atoms with Crippen LogP contribution in [0.25, 0.3) is 0 Å². The van der Waals surface area contributed by atoms with Gasteiger partial charge in [-0.1, -0.05) is 12.1 Å². The highest BCUT2D eigenvalue weighted by molar-refractivity contribution is 5.46. The lowest BCUT2D eigenvalue weighted by atomic mass is 9.84. The van der Waals surface area contributed by atoms with E-state index in [1.54, 1.807) is 0 Å². The summed E-state index contributed by atoms with van der Waals surface area (Å²) in [5.41, 5.74) is 0.777. The molecule has 3 aliphatic rings. The zero-order valence-corrected chi connectivity index (χ0v) is 16.2. The molecule has 5 rings (SSSR count). The first-order valence-corrected chi connectivity index (χ1v) is 10.0. The lowest BCUT2D eigenvalue weighted by Gasteiger charge is -2.39. The van der Waals surface area contributed by atoms with Gasteiger partial charge >= 0.3 is 0 Å². The first-order valence-electron chi connectivity index (χ1n) is 10.0. The van der Waals surface area contributed by atoms with Crippen LogP contribution in [0.5, 0.6) is 23.0 Å². The number of ether oxygens (including phenoxy) is 4. The smallest absolute Gasteiger partial charge is 0.231 e. The number of aliphatic hydroxyl groups is 2. The van der Waals surface area contributed by atoms with E-state index in [1.165, 1.54) is 0 Å². The highest BCUT2D eigenvalue weighted by Gasteiger charge is 2.35.